The Morgan fingerprint density at radius 3 is 2.48 bits per heavy atom. The maximum atomic E-state index is 13.1. The van der Waals surface area contributed by atoms with Gasteiger partial charge in [0.05, 0.1) is 12.2 Å². The molecule has 8 nitrogen and oxygen atoms in total. The lowest BCUT2D eigenvalue weighted by atomic mass is 10.2. The van der Waals surface area contributed by atoms with E-state index in [0.717, 1.165) is 4.57 Å². The number of ether oxygens (including phenoxy) is 1. The zero-order chi connectivity index (χ0) is 20.5. The number of nitrogens with zero attached hydrogens (tertiary/aromatic N) is 5. The first-order chi connectivity index (χ1) is 14.0. The minimum atomic E-state index is -0.513. The van der Waals surface area contributed by atoms with Crippen LogP contribution in [0.2, 0.25) is 0 Å². The maximum Gasteiger partial charge on any atom is 0.332 e. The highest BCUT2D eigenvalue weighted by Crippen LogP contribution is 2.16. The lowest BCUT2D eigenvalue weighted by Crippen LogP contribution is -2.39. The SMILES string of the molecule is Cn1c(OCc2ccccn2)nc2c1c(=O)n(Cc1ccc(F)cc1)c(=O)n2C. The van der Waals surface area contributed by atoms with Crippen molar-refractivity contribution in [3.8, 4) is 6.01 Å². The summed E-state index contributed by atoms with van der Waals surface area (Å²) in [7, 11) is 3.19. The smallest absolute Gasteiger partial charge is 0.332 e. The van der Waals surface area contributed by atoms with Crippen LogP contribution in [0, 0.1) is 5.82 Å². The average molecular weight is 395 g/mol. The summed E-state index contributed by atoms with van der Waals surface area (Å²) < 4.78 is 22.8. The summed E-state index contributed by atoms with van der Waals surface area (Å²) in [5, 5.41) is 0. The van der Waals surface area contributed by atoms with Crippen molar-refractivity contribution in [1.29, 1.82) is 0 Å². The van der Waals surface area contributed by atoms with Gasteiger partial charge in [0.2, 0.25) is 0 Å². The van der Waals surface area contributed by atoms with Gasteiger partial charge in [-0.3, -0.25) is 23.5 Å². The van der Waals surface area contributed by atoms with Crippen molar-refractivity contribution in [2.75, 3.05) is 0 Å². The number of pyridine rings is 1. The van der Waals surface area contributed by atoms with Gasteiger partial charge in [-0.15, -0.1) is 0 Å². The summed E-state index contributed by atoms with van der Waals surface area (Å²) in [5.74, 6) is -0.384. The molecule has 0 N–H and O–H groups in total. The van der Waals surface area contributed by atoms with Gasteiger partial charge in [0.1, 0.15) is 12.4 Å². The molecule has 1 aromatic carbocycles. The minimum absolute atomic E-state index is 0.0248. The highest BCUT2D eigenvalue weighted by Gasteiger charge is 2.19. The molecule has 0 fully saturated rings. The number of imidazole rings is 1. The fraction of sp³-hybridized carbons (Fsp3) is 0.200. The van der Waals surface area contributed by atoms with Gasteiger partial charge in [-0.2, -0.15) is 4.98 Å². The lowest BCUT2D eigenvalue weighted by molar-refractivity contribution is 0.269. The molecular formula is C20H18FN5O3. The van der Waals surface area contributed by atoms with Crippen molar-refractivity contribution in [3.05, 3.63) is 86.6 Å². The number of aryl methyl sites for hydroxylation is 2. The summed E-state index contributed by atoms with van der Waals surface area (Å²) >= 11 is 0. The van der Waals surface area contributed by atoms with Crippen molar-refractivity contribution in [2.24, 2.45) is 14.1 Å². The van der Waals surface area contributed by atoms with Crippen LogP contribution in [-0.4, -0.2) is 23.7 Å². The number of aromatic nitrogens is 5. The van der Waals surface area contributed by atoms with E-state index in [0.29, 0.717) is 11.3 Å². The molecule has 9 heteroatoms. The summed E-state index contributed by atoms with van der Waals surface area (Å²) in [5.41, 5.74) is 0.816. The van der Waals surface area contributed by atoms with Crippen LogP contribution in [0.15, 0.2) is 58.3 Å². The predicted octanol–water partition coefficient (Wildman–Crippen LogP) is 1.60. The minimum Gasteiger partial charge on any atom is -0.458 e. The molecule has 0 radical (unpaired) electrons. The van der Waals surface area contributed by atoms with Gasteiger partial charge in [0, 0.05) is 20.3 Å². The van der Waals surface area contributed by atoms with Gasteiger partial charge < -0.3 is 4.74 Å². The lowest BCUT2D eigenvalue weighted by Gasteiger charge is -2.08. The number of rotatable bonds is 5. The molecule has 0 saturated heterocycles. The van der Waals surface area contributed by atoms with Crippen LogP contribution in [0.25, 0.3) is 11.2 Å². The molecule has 4 aromatic rings. The molecule has 3 aromatic heterocycles. The largest absolute Gasteiger partial charge is 0.458 e. The molecule has 148 valence electrons. The Kier molecular flexibility index (Phi) is 4.71. The first-order valence-electron chi connectivity index (χ1n) is 8.89. The third-order valence-electron chi connectivity index (χ3n) is 4.65. The van der Waals surface area contributed by atoms with E-state index in [4.69, 9.17) is 4.74 Å². The van der Waals surface area contributed by atoms with Crippen LogP contribution in [0.3, 0.4) is 0 Å². The molecule has 3 heterocycles. The third-order valence-corrected chi connectivity index (χ3v) is 4.65. The Balaban J connectivity index is 1.75. The van der Waals surface area contributed by atoms with Crippen molar-refractivity contribution >= 4 is 11.2 Å². The first kappa shape index (κ1) is 18.6. The zero-order valence-electron chi connectivity index (χ0n) is 15.9. The van der Waals surface area contributed by atoms with Crippen LogP contribution in [0.1, 0.15) is 11.3 Å². The van der Waals surface area contributed by atoms with E-state index < -0.39 is 11.2 Å². The van der Waals surface area contributed by atoms with Crippen molar-refractivity contribution in [1.82, 2.24) is 23.7 Å². The molecule has 4 rings (SSSR count). The molecule has 0 aliphatic rings. The molecule has 0 amide bonds. The van der Waals surface area contributed by atoms with E-state index in [-0.39, 0.29) is 36.1 Å². The topological polar surface area (TPSA) is 83.9 Å². The second-order valence-electron chi connectivity index (χ2n) is 6.59. The van der Waals surface area contributed by atoms with E-state index in [1.54, 1.807) is 26.4 Å². The standard InChI is InChI=1S/C20H18FN5O3/c1-24-16-17(23-19(24)29-12-15-5-3-4-10-22-15)25(2)20(28)26(18(16)27)11-13-6-8-14(21)9-7-13/h3-10H,11-12H2,1-2H3. The summed E-state index contributed by atoms with van der Waals surface area (Å²) in [6.45, 7) is 0.201. The molecule has 0 spiro atoms. The molecular weight excluding hydrogens is 377 g/mol. The number of hydrogen-bond donors (Lipinski definition) is 0. The van der Waals surface area contributed by atoms with E-state index in [1.807, 2.05) is 12.1 Å². The first-order valence-corrected chi connectivity index (χ1v) is 8.89. The van der Waals surface area contributed by atoms with Gasteiger partial charge in [-0.05, 0) is 29.8 Å². The third kappa shape index (κ3) is 3.42. The van der Waals surface area contributed by atoms with Crippen molar-refractivity contribution in [2.45, 2.75) is 13.2 Å². The van der Waals surface area contributed by atoms with Gasteiger partial charge in [-0.25, -0.2) is 9.18 Å². The summed E-state index contributed by atoms with van der Waals surface area (Å²) in [4.78, 5) is 34.3. The molecule has 0 aliphatic carbocycles. The molecule has 0 atom stereocenters. The van der Waals surface area contributed by atoms with Gasteiger partial charge in [-0.1, -0.05) is 18.2 Å². The second-order valence-corrected chi connectivity index (χ2v) is 6.59. The molecule has 29 heavy (non-hydrogen) atoms. The monoisotopic (exact) mass is 395 g/mol. The number of hydrogen-bond acceptors (Lipinski definition) is 5. The van der Waals surface area contributed by atoms with Crippen LogP contribution in [0.4, 0.5) is 4.39 Å². The fourth-order valence-corrected chi connectivity index (χ4v) is 3.09. The van der Waals surface area contributed by atoms with Crippen molar-refractivity contribution in [3.63, 3.8) is 0 Å². The molecule has 0 bridgehead atoms. The highest BCUT2D eigenvalue weighted by atomic mass is 19.1. The van der Waals surface area contributed by atoms with E-state index in [2.05, 4.69) is 9.97 Å². The predicted molar refractivity (Wildman–Crippen MR) is 104 cm³/mol. The van der Waals surface area contributed by atoms with Gasteiger partial charge in [0.25, 0.3) is 11.6 Å². The van der Waals surface area contributed by atoms with E-state index in [1.165, 1.54) is 33.4 Å². The highest BCUT2D eigenvalue weighted by molar-refractivity contribution is 5.71. The van der Waals surface area contributed by atoms with E-state index in [9.17, 15) is 14.0 Å². The Morgan fingerprint density at radius 1 is 1.03 bits per heavy atom. The number of halogens is 1. The van der Waals surface area contributed by atoms with Gasteiger partial charge in [0.15, 0.2) is 11.2 Å². The van der Waals surface area contributed by atoms with E-state index >= 15 is 0 Å². The van der Waals surface area contributed by atoms with Crippen LogP contribution in [-0.2, 0) is 27.2 Å². The summed E-state index contributed by atoms with van der Waals surface area (Å²) in [6, 6.07) is 11.3. The average Bonchev–Trinajstić information content (AvgIpc) is 3.07. The summed E-state index contributed by atoms with van der Waals surface area (Å²) in [6.07, 6.45) is 1.66. The van der Waals surface area contributed by atoms with Gasteiger partial charge >= 0.3 is 5.69 Å². The Labute approximate surface area is 164 Å². The Morgan fingerprint density at radius 2 is 1.79 bits per heavy atom. The second kappa shape index (κ2) is 7.34. The maximum absolute atomic E-state index is 13.1. The van der Waals surface area contributed by atoms with Crippen LogP contribution in [0.5, 0.6) is 6.01 Å². The van der Waals surface area contributed by atoms with Crippen molar-refractivity contribution < 1.29 is 9.13 Å². The Bertz CT molecular complexity index is 1290. The molecule has 0 saturated carbocycles. The molecule has 0 aliphatic heterocycles. The Hall–Kier alpha value is -3.75. The zero-order valence-corrected chi connectivity index (χ0v) is 15.9. The van der Waals surface area contributed by atoms with Crippen LogP contribution < -0.4 is 16.0 Å². The molecule has 0 unspecified atom stereocenters. The fourth-order valence-electron chi connectivity index (χ4n) is 3.09. The number of benzene rings is 1. The number of fused-ring (bicyclic) bond motifs is 1. The normalized spacial score (nSPS) is 11.1. The van der Waals surface area contributed by atoms with Crippen LogP contribution >= 0.6 is 0 Å². The quantitative estimate of drug-likeness (QED) is 0.513.